The molecule has 4 heteroatoms. The van der Waals surface area contributed by atoms with Crippen LogP contribution in [0.4, 0.5) is 5.82 Å². The zero-order chi connectivity index (χ0) is 12.1. The summed E-state index contributed by atoms with van der Waals surface area (Å²) in [6.45, 7) is 5.51. The Hall–Kier alpha value is -1.68. The fourth-order valence-corrected chi connectivity index (χ4v) is 1.73. The molecule has 4 nitrogen and oxygen atoms in total. The van der Waals surface area contributed by atoms with E-state index in [1.54, 1.807) is 6.33 Å². The molecule has 0 radical (unpaired) electrons. The molecule has 2 aromatic rings. The highest BCUT2D eigenvalue weighted by Crippen LogP contribution is 2.18. The summed E-state index contributed by atoms with van der Waals surface area (Å²) in [4.78, 5) is 8.48. The molecular formula is C13H17N3O. The van der Waals surface area contributed by atoms with Crippen molar-refractivity contribution in [1.29, 1.82) is 0 Å². The lowest BCUT2D eigenvalue weighted by Gasteiger charge is -2.13. The average Bonchev–Trinajstić information content (AvgIpc) is 2.36. The molecule has 1 aromatic heterocycles. The first kappa shape index (κ1) is 11.8. The average molecular weight is 231 g/mol. The summed E-state index contributed by atoms with van der Waals surface area (Å²) in [5, 5.41) is 4.34. The highest BCUT2D eigenvalue weighted by atomic mass is 16.5. The van der Waals surface area contributed by atoms with Gasteiger partial charge in [0.15, 0.2) is 0 Å². The van der Waals surface area contributed by atoms with Crippen molar-refractivity contribution in [2.75, 3.05) is 18.5 Å². The molecule has 90 valence electrons. The van der Waals surface area contributed by atoms with Crippen molar-refractivity contribution in [2.45, 2.75) is 20.0 Å². The lowest BCUT2D eigenvalue weighted by Crippen LogP contribution is -2.20. The number of nitrogens with one attached hydrogen (secondary N) is 1. The number of aromatic nitrogens is 2. The van der Waals surface area contributed by atoms with Gasteiger partial charge in [-0.15, -0.1) is 0 Å². The number of fused-ring (bicyclic) bond motifs is 1. The topological polar surface area (TPSA) is 47.0 Å². The molecule has 1 unspecified atom stereocenters. The lowest BCUT2D eigenvalue weighted by atomic mass is 10.2. The van der Waals surface area contributed by atoms with Crippen molar-refractivity contribution in [2.24, 2.45) is 0 Å². The van der Waals surface area contributed by atoms with E-state index in [4.69, 9.17) is 4.74 Å². The van der Waals surface area contributed by atoms with Crippen molar-refractivity contribution in [3.63, 3.8) is 0 Å². The van der Waals surface area contributed by atoms with Crippen LogP contribution < -0.4 is 5.32 Å². The molecule has 1 N–H and O–H groups in total. The lowest BCUT2D eigenvalue weighted by molar-refractivity contribution is 0.0855. The molecule has 0 saturated heterocycles. The first-order valence-electron chi connectivity index (χ1n) is 5.86. The van der Waals surface area contributed by atoms with Crippen molar-refractivity contribution >= 4 is 16.7 Å². The summed E-state index contributed by atoms with van der Waals surface area (Å²) in [5.41, 5.74) is 0.953. The van der Waals surface area contributed by atoms with Crippen LogP contribution in [-0.2, 0) is 4.74 Å². The number of benzene rings is 1. The third-order valence-corrected chi connectivity index (χ3v) is 2.55. The maximum absolute atomic E-state index is 5.47. The monoisotopic (exact) mass is 231 g/mol. The van der Waals surface area contributed by atoms with Gasteiger partial charge in [0.1, 0.15) is 12.1 Å². The Balaban J connectivity index is 2.13. The summed E-state index contributed by atoms with van der Waals surface area (Å²) in [6, 6.07) is 7.96. The zero-order valence-electron chi connectivity index (χ0n) is 10.2. The van der Waals surface area contributed by atoms with Gasteiger partial charge in [-0.2, -0.15) is 0 Å². The van der Waals surface area contributed by atoms with Crippen LogP contribution >= 0.6 is 0 Å². The Morgan fingerprint density at radius 2 is 2.12 bits per heavy atom. The summed E-state index contributed by atoms with van der Waals surface area (Å²) in [7, 11) is 0. The van der Waals surface area contributed by atoms with Gasteiger partial charge in [0.25, 0.3) is 0 Å². The number of rotatable bonds is 5. The summed E-state index contributed by atoms with van der Waals surface area (Å²) in [6.07, 6.45) is 1.75. The van der Waals surface area contributed by atoms with E-state index in [1.165, 1.54) is 0 Å². The standard InChI is InChI=1S/C13H17N3O/c1-3-17-10(2)8-14-13-11-6-4-5-7-12(11)15-9-16-13/h4-7,9-10H,3,8H2,1-2H3,(H,14,15,16). The maximum Gasteiger partial charge on any atom is 0.137 e. The minimum Gasteiger partial charge on any atom is -0.377 e. The predicted octanol–water partition coefficient (Wildman–Crippen LogP) is 2.47. The van der Waals surface area contributed by atoms with Crippen LogP contribution in [0.3, 0.4) is 0 Å². The quantitative estimate of drug-likeness (QED) is 0.858. The van der Waals surface area contributed by atoms with Gasteiger partial charge in [-0.3, -0.25) is 0 Å². The molecule has 0 bridgehead atoms. The van der Waals surface area contributed by atoms with E-state index in [1.807, 2.05) is 38.1 Å². The fraction of sp³-hybridized carbons (Fsp3) is 0.385. The molecule has 0 aliphatic rings. The number of nitrogens with zero attached hydrogens (tertiary/aromatic N) is 2. The molecule has 1 heterocycles. The van der Waals surface area contributed by atoms with Gasteiger partial charge in [0.2, 0.25) is 0 Å². The molecule has 0 fully saturated rings. The van der Waals surface area contributed by atoms with Gasteiger partial charge in [-0.25, -0.2) is 9.97 Å². The molecule has 2 rings (SSSR count). The number of para-hydroxylation sites is 1. The van der Waals surface area contributed by atoms with Gasteiger partial charge >= 0.3 is 0 Å². The van der Waals surface area contributed by atoms with E-state index in [0.717, 1.165) is 29.9 Å². The highest BCUT2D eigenvalue weighted by Gasteiger charge is 2.04. The van der Waals surface area contributed by atoms with Crippen LogP contribution in [0, 0.1) is 0 Å². The van der Waals surface area contributed by atoms with E-state index in [0.29, 0.717) is 0 Å². The van der Waals surface area contributed by atoms with E-state index in [-0.39, 0.29) is 6.10 Å². The highest BCUT2D eigenvalue weighted by molar-refractivity contribution is 5.88. The number of ether oxygens (including phenoxy) is 1. The summed E-state index contributed by atoms with van der Waals surface area (Å²) >= 11 is 0. The second-order valence-corrected chi connectivity index (χ2v) is 3.89. The van der Waals surface area contributed by atoms with Crippen molar-refractivity contribution in [3.05, 3.63) is 30.6 Å². The summed E-state index contributed by atoms with van der Waals surface area (Å²) in [5.74, 6) is 0.863. The fourth-order valence-electron chi connectivity index (χ4n) is 1.73. The molecule has 0 spiro atoms. The van der Waals surface area contributed by atoms with E-state index >= 15 is 0 Å². The predicted molar refractivity (Wildman–Crippen MR) is 69.1 cm³/mol. The first-order chi connectivity index (χ1) is 8.31. The minimum absolute atomic E-state index is 0.175. The van der Waals surface area contributed by atoms with Gasteiger partial charge in [0.05, 0.1) is 11.6 Å². The Bertz CT molecular complexity index is 482. The van der Waals surface area contributed by atoms with Crippen molar-refractivity contribution in [3.8, 4) is 0 Å². The normalized spacial score (nSPS) is 12.6. The number of hydrogen-bond acceptors (Lipinski definition) is 4. The minimum atomic E-state index is 0.175. The van der Waals surface area contributed by atoms with Gasteiger partial charge in [-0.05, 0) is 26.0 Å². The van der Waals surface area contributed by atoms with E-state index < -0.39 is 0 Å². The van der Waals surface area contributed by atoms with Crippen LogP contribution in [0.1, 0.15) is 13.8 Å². The van der Waals surface area contributed by atoms with E-state index in [2.05, 4.69) is 15.3 Å². The van der Waals surface area contributed by atoms with Gasteiger partial charge in [0, 0.05) is 18.5 Å². The molecule has 1 atom stereocenters. The second-order valence-electron chi connectivity index (χ2n) is 3.89. The third kappa shape index (κ3) is 2.91. The van der Waals surface area contributed by atoms with Crippen LogP contribution in [-0.4, -0.2) is 29.2 Å². The number of anilines is 1. The van der Waals surface area contributed by atoms with Gasteiger partial charge < -0.3 is 10.1 Å². The largest absolute Gasteiger partial charge is 0.377 e. The van der Waals surface area contributed by atoms with Crippen molar-refractivity contribution in [1.82, 2.24) is 9.97 Å². The van der Waals surface area contributed by atoms with Crippen LogP contribution in [0.15, 0.2) is 30.6 Å². The molecule has 0 amide bonds. The summed E-state index contributed by atoms with van der Waals surface area (Å²) < 4.78 is 5.47. The first-order valence-corrected chi connectivity index (χ1v) is 5.86. The van der Waals surface area contributed by atoms with Gasteiger partial charge in [-0.1, -0.05) is 12.1 Å². The molecule has 0 aliphatic carbocycles. The Morgan fingerprint density at radius 3 is 2.94 bits per heavy atom. The maximum atomic E-state index is 5.47. The third-order valence-electron chi connectivity index (χ3n) is 2.55. The molecule has 17 heavy (non-hydrogen) atoms. The molecule has 0 aliphatic heterocycles. The van der Waals surface area contributed by atoms with Crippen LogP contribution in [0.25, 0.3) is 10.9 Å². The SMILES string of the molecule is CCOC(C)CNc1ncnc2ccccc12. The second kappa shape index (κ2) is 5.59. The smallest absolute Gasteiger partial charge is 0.137 e. The Morgan fingerprint density at radius 1 is 1.29 bits per heavy atom. The molecular weight excluding hydrogens is 214 g/mol. The molecule has 1 aromatic carbocycles. The Labute approximate surface area is 101 Å². The van der Waals surface area contributed by atoms with Crippen LogP contribution in [0.5, 0.6) is 0 Å². The van der Waals surface area contributed by atoms with Crippen molar-refractivity contribution < 1.29 is 4.74 Å². The zero-order valence-corrected chi connectivity index (χ0v) is 10.2. The van der Waals surface area contributed by atoms with E-state index in [9.17, 15) is 0 Å². The molecule has 0 saturated carbocycles. The Kier molecular flexibility index (Phi) is 3.88. The number of hydrogen-bond donors (Lipinski definition) is 1. The van der Waals surface area contributed by atoms with Crippen LogP contribution in [0.2, 0.25) is 0 Å².